The van der Waals surface area contributed by atoms with E-state index in [9.17, 15) is 9.90 Å². The molecular weight excluding hydrogens is 386 g/mol. The van der Waals surface area contributed by atoms with Gasteiger partial charge in [-0.1, -0.05) is 0 Å². The normalized spacial score (nSPS) is 14.2. The van der Waals surface area contributed by atoms with E-state index in [0.29, 0.717) is 54.2 Å². The third-order valence-corrected chi connectivity index (χ3v) is 5.51. The minimum absolute atomic E-state index is 0.0815. The molecule has 0 fully saturated rings. The predicted molar refractivity (Wildman–Crippen MR) is 113 cm³/mol. The summed E-state index contributed by atoms with van der Waals surface area (Å²) in [5.74, 6) is 2.74. The van der Waals surface area contributed by atoms with Gasteiger partial charge in [-0.15, -0.1) is 0 Å². The zero-order chi connectivity index (χ0) is 21.3. The van der Waals surface area contributed by atoms with E-state index in [1.165, 1.54) is 0 Å². The van der Waals surface area contributed by atoms with Crippen molar-refractivity contribution in [1.29, 1.82) is 0 Å². The van der Waals surface area contributed by atoms with Crippen LogP contribution >= 0.6 is 0 Å². The van der Waals surface area contributed by atoms with Crippen molar-refractivity contribution in [2.75, 3.05) is 34.4 Å². The average molecular weight is 411 g/mol. The summed E-state index contributed by atoms with van der Waals surface area (Å²) in [5, 5.41) is 10.7. The van der Waals surface area contributed by atoms with Crippen LogP contribution in [0.1, 0.15) is 11.4 Å². The standard InChI is InChI=1S/C22H25N3O5/c1-28-15-4-5-18(26)14(10-15)13-24-7-6-21-23-17-12-20(30-3)19(29-2)11-16(17)22(27)25(21)9-8-24/h4-5,10-12,26H,6-9,13H2,1-3H3. The van der Waals surface area contributed by atoms with Gasteiger partial charge in [0.2, 0.25) is 0 Å². The highest BCUT2D eigenvalue weighted by molar-refractivity contribution is 5.82. The summed E-state index contributed by atoms with van der Waals surface area (Å²) >= 11 is 0. The number of phenols is 1. The zero-order valence-electron chi connectivity index (χ0n) is 17.3. The first-order valence-electron chi connectivity index (χ1n) is 9.77. The van der Waals surface area contributed by atoms with Crippen molar-refractivity contribution in [3.8, 4) is 23.0 Å². The van der Waals surface area contributed by atoms with Crippen molar-refractivity contribution in [2.24, 2.45) is 0 Å². The molecule has 1 N–H and O–H groups in total. The highest BCUT2D eigenvalue weighted by Crippen LogP contribution is 2.30. The summed E-state index contributed by atoms with van der Waals surface area (Å²) in [7, 11) is 4.71. The van der Waals surface area contributed by atoms with E-state index in [-0.39, 0.29) is 11.3 Å². The SMILES string of the molecule is COc1ccc(O)c(CN2CCc3nc4cc(OC)c(OC)cc4c(=O)n3CC2)c1. The summed E-state index contributed by atoms with van der Waals surface area (Å²) < 4.78 is 17.7. The molecule has 3 aromatic rings. The highest BCUT2D eigenvalue weighted by Gasteiger charge is 2.20. The number of hydrogen-bond acceptors (Lipinski definition) is 7. The van der Waals surface area contributed by atoms with Gasteiger partial charge in [0.1, 0.15) is 17.3 Å². The molecule has 0 spiro atoms. The molecule has 4 rings (SSSR count). The second-order valence-corrected chi connectivity index (χ2v) is 7.23. The van der Waals surface area contributed by atoms with E-state index in [2.05, 4.69) is 4.90 Å². The number of methoxy groups -OCH3 is 3. The van der Waals surface area contributed by atoms with Crippen LogP contribution in [0, 0.1) is 0 Å². The first kappa shape index (κ1) is 20.0. The summed E-state index contributed by atoms with van der Waals surface area (Å²) in [4.78, 5) is 20.1. The first-order valence-corrected chi connectivity index (χ1v) is 9.77. The summed E-state index contributed by atoms with van der Waals surface area (Å²) in [6.07, 6.45) is 0.629. The summed E-state index contributed by atoms with van der Waals surface area (Å²) in [6, 6.07) is 8.64. The molecule has 158 valence electrons. The van der Waals surface area contributed by atoms with Crippen LogP contribution in [0.4, 0.5) is 0 Å². The van der Waals surface area contributed by atoms with E-state index in [0.717, 1.165) is 17.9 Å². The number of fused-ring (bicyclic) bond motifs is 2. The van der Waals surface area contributed by atoms with Gasteiger partial charge in [0.05, 0.1) is 32.2 Å². The number of aromatic hydroxyl groups is 1. The van der Waals surface area contributed by atoms with Crippen LogP contribution in [-0.4, -0.2) is 54.0 Å². The topological polar surface area (TPSA) is 86.1 Å². The molecule has 1 aliphatic rings. The minimum Gasteiger partial charge on any atom is -0.508 e. The third kappa shape index (κ3) is 3.66. The van der Waals surface area contributed by atoms with Crippen LogP contribution in [-0.2, 0) is 19.5 Å². The molecule has 2 heterocycles. The van der Waals surface area contributed by atoms with E-state index in [1.54, 1.807) is 50.2 Å². The number of hydrogen-bond donors (Lipinski definition) is 1. The summed E-state index contributed by atoms with van der Waals surface area (Å²) in [5.41, 5.74) is 1.31. The Morgan fingerprint density at radius 2 is 1.77 bits per heavy atom. The molecule has 1 aliphatic heterocycles. The van der Waals surface area contributed by atoms with Gasteiger partial charge in [0.25, 0.3) is 5.56 Å². The fraction of sp³-hybridized carbons (Fsp3) is 0.364. The van der Waals surface area contributed by atoms with Crippen molar-refractivity contribution in [3.05, 3.63) is 52.1 Å². The molecule has 0 unspecified atom stereocenters. The maximum atomic E-state index is 13.1. The fourth-order valence-corrected chi connectivity index (χ4v) is 3.84. The number of nitrogens with zero attached hydrogens (tertiary/aromatic N) is 3. The monoisotopic (exact) mass is 411 g/mol. The molecule has 8 heteroatoms. The van der Waals surface area contributed by atoms with Crippen LogP contribution in [0.2, 0.25) is 0 Å². The zero-order valence-corrected chi connectivity index (χ0v) is 17.3. The lowest BCUT2D eigenvalue weighted by Gasteiger charge is -2.20. The second-order valence-electron chi connectivity index (χ2n) is 7.23. The van der Waals surface area contributed by atoms with Crippen LogP contribution in [0.15, 0.2) is 35.1 Å². The molecule has 30 heavy (non-hydrogen) atoms. The lowest BCUT2D eigenvalue weighted by molar-refractivity contribution is 0.267. The van der Waals surface area contributed by atoms with Gasteiger partial charge >= 0.3 is 0 Å². The molecule has 0 saturated heterocycles. The molecular formula is C22H25N3O5. The fourth-order valence-electron chi connectivity index (χ4n) is 3.84. The maximum Gasteiger partial charge on any atom is 0.261 e. The average Bonchev–Trinajstić information content (AvgIpc) is 2.97. The van der Waals surface area contributed by atoms with Crippen molar-refractivity contribution >= 4 is 10.9 Å². The van der Waals surface area contributed by atoms with Crippen LogP contribution < -0.4 is 19.8 Å². The summed E-state index contributed by atoms with van der Waals surface area (Å²) in [6.45, 7) is 2.48. The quantitative estimate of drug-likeness (QED) is 0.689. The number of benzene rings is 2. The molecule has 0 aliphatic carbocycles. The first-order chi connectivity index (χ1) is 14.5. The Hall–Kier alpha value is -3.26. The molecule has 0 radical (unpaired) electrons. The molecule has 1 aromatic heterocycles. The Morgan fingerprint density at radius 1 is 1.00 bits per heavy atom. The smallest absolute Gasteiger partial charge is 0.261 e. The third-order valence-electron chi connectivity index (χ3n) is 5.51. The van der Waals surface area contributed by atoms with Crippen molar-refractivity contribution in [1.82, 2.24) is 14.5 Å². The predicted octanol–water partition coefficient (Wildman–Crippen LogP) is 2.19. The van der Waals surface area contributed by atoms with Gasteiger partial charge in [0, 0.05) is 44.2 Å². The Morgan fingerprint density at radius 3 is 2.50 bits per heavy atom. The lowest BCUT2D eigenvalue weighted by atomic mass is 10.1. The minimum atomic E-state index is -0.0815. The van der Waals surface area contributed by atoms with Crippen molar-refractivity contribution in [3.63, 3.8) is 0 Å². The van der Waals surface area contributed by atoms with Gasteiger partial charge in [-0.2, -0.15) is 0 Å². The molecule has 0 bridgehead atoms. The van der Waals surface area contributed by atoms with Gasteiger partial charge in [-0.05, 0) is 24.3 Å². The Balaban J connectivity index is 1.64. The number of ether oxygens (including phenoxy) is 3. The lowest BCUT2D eigenvalue weighted by Crippen LogP contribution is -2.28. The largest absolute Gasteiger partial charge is 0.508 e. The van der Waals surface area contributed by atoms with E-state index >= 15 is 0 Å². The molecule has 8 nitrogen and oxygen atoms in total. The van der Waals surface area contributed by atoms with E-state index in [4.69, 9.17) is 19.2 Å². The van der Waals surface area contributed by atoms with E-state index in [1.807, 2.05) is 6.07 Å². The second kappa shape index (κ2) is 8.23. The molecule has 0 amide bonds. The maximum absolute atomic E-state index is 13.1. The molecule has 0 atom stereocenters. The molecule has 0 saturated carbocycles. The number of rotatable bonds is 5. The molecule has 2 aromatic carbocycles. The van der Waals surface area contributed by atoms with Gasteiger partial charge < -0.3 is 19.3 Å². The van der Waals surface area contributed by atoms with E-state index < -0.39 is 0 Å². The van der Waals surface area contributed by atoms with Crippen molar-refractivity contribution in [2.45, 2.75) is 19.5 Å². The van der Waals surface area contributed by atoms with Crippen molar-refractivity contribution < 1.29 is 19.3 Å². The van der Waals surface area contributed by atoms with Gasteiger partial charge in [-0.25, -0.2) is 4.98 Å². The van der Waals surface area contributed by atoms with Crippen LogP contribution in [0.25, 0.3) is 10.9 Å². The Bertz CT molecular complexity index is 1140. The van der Waals surface area contributed by atoms with Crippen LogP contribution in [0.5, 0.6) is 23.0 Å². The Kier molecular flexibility index (Phi) is 5.50. The van der Waals surface area contributed by atoms with Gasteiger partial charge in [-0.3, -0.25) is 14.3 Å². The highest BCUT2D eigenvalue weighted by atomic mass is 16.5. The van der Waals surface area contributed by atoms with Crippen LogP contribution in [0.3, 0.4) is 0 Å². The number of phenolic OH excluding ortho intramolecular Hbond substituents is 1. The number of aromatic nitrogens is 2. The Labute approximate surface area is 174 Å². The van der Waals surface area contributed by atoms with Gasteiger partial charge in [0.15, 0.2) is 11.5 Å².